The van der Waals surface area contributed by atoms with Gasteiger partial charge in [-0.3, -0.25) is 0 Å². The third-order valence-corrected chi connectivity index (χ3v) is 4.50. The van der Waals surface area contributed by atoms with Gasteiger partial charge in [-0.2, -0.15) is 0 Å². The zero-order chi connectivity index (χ0) is 13.0. The molecule has 0 aromatic carbocycles. The SMILES string of the molecule is CC(C)(C)c1nc(CNCC2CCCOC2)cs1. The first kappa shape index (κ1) is 14.0. The number of nitrogens with one attached hydrogen (secondary N) is 1. The van der Waals surface area contributed by atoms with Crippen molar-refractivity contribution in [2.24, 2.45) is 5.92 Å². The van der Waals surface area contributed by atoms with Crippen LogP contribution in [0.25, 0.3) is 0 Å². The quantitative estimate of drug-likeness (QED) is 0.911. The molecule has 1 aliphatic heterocycles. The van der Waals surface area contributed by atoms with Crippen molar-refractivity contribution >= 4 is 11.3 Å². The van der Waals surface area contributed by atoms with Gasteiger partial charge in [0.15, 0.2) is 0 Å². The van der Waals surface area contributed by atoms with Gasteiger partial charge in [-0.05, 0) is 18.8 Å². The van der Waals surface area contributed by atoms with Crippen LogP contribution in [0.1, 0.15) is 44.3 Å². The molecule has 2 heterocycles. The lowest BCUT2D eigenvalue weighted by Crippen LogP contribution is -2.29. The van der Waals surface area contributed by atoms with Crippen LogP contribution in [0.5, 0.6) is 0 Å². The summed E-state index contributed by atoms with van der Waals surface area (Å²) in [7, 11) is 0. The first-order valence-corrected chi connectivity index (χ1v) is 7.67. The van der Waals surface area contributed by atoms with Crippen molar-refractivity contribution in [3.8, 4) is 0 Å². The molecule has 1 fully saturated rings. The van der Waals surface area contributed by atoms with E-state index in [4.69, 9.17) is 4.74 Å². The van der Waals surface area contributed by atoms with Crippen LogP contribution in [0.4, 0.5) is 0 Å². The zero-order valence-electron chi connectivity index (χ0n) is 11.7. The van der Waals surface area contributed by atoms with Crippen molar-refractivity contribution in [2.45, 2.75) is 45.6 Å². The van der Waals surface area contributed by atoms with Gasteiger partial charge in [-0.1, -0.05) is 20.8 Å². The molecule has 1 aromatic rings. The fourth-order valence-corrected chi connectivity index (χ4v) is 3.01. The summed E-state index contributed by atoms with van der Waals surface area (Å²) in [6, 6.07) is 0. The van der Waals surface area contributed by atoms with Crippen molar-refractivity contribution in [2.75, 3.05) is 19.8 Å². The summed E-state index contributed by atoms with van der Waals surface area (Å²) in [5.41, 5.74) is 1.33. The van der Waals surface area contributed by atoms with Crippen molar-refractivity contribution < 1.29 is 4.74 Å². The second-order valence-electron chi connectivity index (χ2n) is 6.11. The lowest BCUT2D eigenvalue weighted by Gasteiger charge is -2.22. The topological polar surface area (TPSA) is 34.2 Å². The van der Waals surface area contributed by atoms with E-state index in [0.29, 0.717) is 5.92 Å². The average Bonchev–Trinajstić information content (AvgIpc) is 2.79. The predicted molar refractivity (Wildman–Crippen MR) is 76.1 cm³/mol. The molecule has 4 heteroatoms. The van der Waals surface area contributed by atoms with Crippen LogP contribution < -0.4 is 5.32 Å². The van der Waals surface area contributed by atoms with Gasteiger partial charge in [-0.25, -0.2) is 4.98 Å². The molecule has 2 rings (SSSR count). The van der Waals surface area contributed by atoms with E-state index < -0.39 is 0 Å². The standard InChI is InChI=1S/C14H24N2OS/c1-14(2,3)13-16-12(10-18-13)8-15-7-11-5-4-6-17-9-11/h10-11,15H,4-9H2,1-3H3. The smallest absolute Gasteiger partial charge is 0.0982 e. The summed E-state index contributed by atoms with van der Waals surface area (Å²) < 4.78 is 5.48. The lowest BCUT2D eigenvalue weighted by molar-refractivity contribution is 0.0547. The highest BCUT2D eigenvalue weighted by Crippen LogP contribution is 2.25. The number of hydrogen-bond acceptors (Lipinski definition) is 4. The Labute approximate surface area is 114 Å². The van der Waals surface area contributed by atoms with Gasteiger partial charge >= 0.3 is 0 Å². The van der Waals surface area contributed by atoms with E-state index in [-0.39, 0.29) is 5.41 Å². The van der Waals surface area contributed by atoms with Crippen LogP contribution in [0.2, 0.25) is 0 Å². The summed E-state index contributed by atoms with van der Waals surface area (Å²) >= 11 is 1.77. The highest BCUT2D eigenvalue weighted by Gasteiger charge is 2.18. The number of hydrogen-bond donors (Lipinski definition) is 1. The minimum Gasteiger partial charge on any atom is -0.381 e. The minimum atomic E-state index is 0.167. The highest BCUT2D eigenvalue weighted by atomic mass is 32.1. The van der Waals surface area contributed by atoms with E-state index in [2.05, 4.69) is 36.5 Å². The van der Waals surface area contributed by atoms with Crippen molar-refractivity contribution in [1.29, 1.82) is 0 Å². The number of rotatable bonds is 4. The molecule has 1 saturated heterocycles. The number of aromatic nitrogens is 1. The Morgan fingerprint density at radius 3 is 2.94 bits per heavy atom. The van der Waals surface area contributed by atoms with Crippen LogP contribution in [-0.4, -0.2) is 24.7 Å². The first-order chi connectivity index (χ1) is 8.55. The van der Waals surface area contributed by atoms with Crippen molar-refractivity contribution in [1.82, 2.24) is 10.3 Å². The van der Waals surface area contributed by atoms with Crippen LogP contribution in [0.15, 0.2) is 5.38 Å². The minimum absolute atomic E-state index is 0.167. The number of ether oxygens (including phenoxy) is 1. The van der Waals surface area contributed by atoms with Crippen LogP contribution in [0, 0.1) is 5.92 Å². The van der Waals surface area contributed by atoms with Gasteiger partial charge in [0, 0.05) is 30.5 Å². The molecular weight excluding hydrogens is 244 g/mol. The number of thiazole rings is 1. The lowest BCUT2D eigenvalue weighted by atomic mass is 9.98. The van der Waals surface area contributed by atoms with Crippen LogP contribution in [-0.2, 0) is 16.7 Å². The van der Waals surface area contributed by atoms with Crippen molar-refractivity contribution in [3.63, 3.8) is 0 Å². The molecule has 0 radical (unpaired) electrons. The Bertz CT molecular complexity index is 364. The maximum absolute atomic E-state index is 5.48. The van der Waals surface area contributed by atoms with Gasteiger partial charge in [0.25, 0.3) is 0 Å². The molecule has 0 aliphatic carbocycles. The van der Waals surface area contributed by atoms with Crippen LogP contribution >= 0.6 is 11.3 Å². The van der Waals surface area contributed by atoms with Gasteiger partial charge in [0.05, 0.1) is 17.3 Å². The highest BCUT2D eigenvalue weighted by molar-refractivity contribution is 7.09. The molecular formula is C14H24N2OS. The summed E-state index contributed by atoms with van der Waals surface area (Å²) in [6.45, 7) is 10.4. The monoisotopic (exact) mass is 268 g/mol. The summed E-state index contributed by atoms with van der Waals surface area (Å²) in [5, 5.41) is 6.89. The molecule has 3 nitrogen and oxygen atoms in total. The second kappa shape index (κ2) is 6.13. The molecule has 0 saturated carbocycles. The second-order valence-corrected chi connectivity index (χ2v) is 6.97. The van der Waals surface area contributed by atoms with E-state index in [1.54, 1.807) is 11.3 Å². The molecule has 1 aromatic heterocycles. The first-order valence-electron chi connectivity index (χ1n) is 6.79. The Balaban J connectivity index is 1.74. The van der Waals surface area contributed by atoms with Gasteiger partial charge in [-0.15, -0.1) is 11.3 Å². The molecule has 0 spiro atoms. The molecule has 1 N–H and O–H groups in total. The third-order valence-electron chi connectivity index (χ3n) is 3.19. The van der Waals surface area contributed by atoms with Gasteiger partial charge in [0.1, 0.15) is 0 Å². The third kappa shape index (κ3) is 4.04. The largest absolute Gasteiger partial charge is 0.381 e. The van der Waals surface area contributed by atoms with Gasteiger partial charge in [0.2, 0.25) is 0 Å². The Kier molecular flexibility index (Phi) is 4.76. The molecule has 1 aliphatic rings. The maximum atomic E-state index is 5.48. The fraction of sp³-hybridized carbons (Fsp3) is 0.786. The molecule has 102 valence electrons. The van der Waals surface area contributed by atoms with E-state index in [1.165, 1.54) is 23.5 Å². The zero-order valence-corrected chi connectivity index (χ0v) is 12.5. The van der Waals surface area contributed by atoms with Crippen molar-refractivity contribution in [3.05, 3.63) is 16.1 Å². The summed E-state index contributed by atoms with van der Waals surface area (Å²) in [5.74, 6) is 0.680. The fourth-order valence-electron chi connectivity index (χ4n) is 2.11. The summed E-state index contributed by atoms with van der Waals surface area (Å²) in [6.07, 6.45) is 2.49. The van der Waals surface area contributed by atoms with Crippen LogP contribution in [0.3, 0.4) is 0 Å². The molecule has 1 unspecified atom stereocenters. The van der Waals surface area contributed by atoms with Gasteiger partial charge < -0.3 is 10.1 Å². The molecule has 1 atom stereocenters. The molecule has 0 amide bonds. The van der Waals surface area contributed by atoms with E-state index in [0.717, 1.165) is 26.3 Å². The Hall–Kier alpha value is -0.450. The van der Waals surface area contributed by atoms with E-state index in [1.807, 2.05) is 0 Å². The maximum Gasteiger partial charge on any atom is 0.0982 e. The molecule has 0 bridgehead atoms. The van der Waals surface area contributed by atoms with E-state index in [9.17, 15) is 0 Å². The normalized spacial score (nSPS) is 21.2. The average molecular weight is 268 g/mol. The molecule has 18 heavy (non-hydrogen) atoms. The predicted octanol–water partition coefficient (Wildman–Crippen LogP) is 2.96. The Morgan fingerprint density at radius 2 is 2.33 bits per heavy atom. The number of nitrogens with zero attached hydrogens (tertiary/aromatic N) is 1. The Morgan fingerprint density at radius 1 is 1.50 bits per heavy atom. The summed E-state index contributed by atoms with van der Waals surface area (Å²) in [4.78, 5) is 4.69. The van der Waals surface area contributed by atoms with E-state index >= 15 is 0 Å².